The summed E-state index contributed by atoms with van der Waals surface area (Å²) in [6, 6.07) is 11.6. The van der Waals surface area contributed by atoms with Crippen LogP contribution >= 0.6 is 11.6 Å². The number of halogens is 2. The monoisotopic (exact) mass is 341 g/mol. The topological polar surface area (TPSA) is 50.4 Å². The van der Waals surface area contributed by atoms with Gasteiger partial charge in [0.15, 0.2) is 6.23 Å². The third-order valence-electron chi connectivity index (χ3n) is 4.06. The van der Waals surface area contributed by atoms with Gasteiger partial charge in [-0.25, -0.2) is 14.4 Å². The molecule has 1 atom stereocenters. The lowest BCUT2D eigenvalue weighted by Crippen LogP contribution is -2.09. The molecular weight excluding hydrogens is 329 g/mol. The lowest BCUT2D eigenvalue weighted by Gasteiger charge is -2.13. The number of hydrogen-bond donors (Lipinski definition) is 1. The molecule has 1 aliphatic rings. The number of rotatable bonds is 1. The van der Waals surface area contributed by atoms with Gasteiger partial charge in [0.25, 0.3) is 0 Å². The lowest BCUT2D eigenvalue weighted by molar-refractivity contribution is 0.182. The number of fused-ring (bicyclic) bond motifs is 3. The minimum absolute atomic E-state index is 0.316. The van der Waals surface area contributed by atoms with E-state index in [1.807, 2.05) is 17.6 Å². The predicted molar refractivity (Wildman–Crippen MR) is 90.3 cm³/mol. The van der Waals surface area contributed by atoms with E-state index in [0.717, 1.165) is 5.69 Å². The van der Waals surface area contributed by atoms with Crippen molar-refractivity contribution < 1.29 is 9.50 Å². The molecule has 0 radical (unpaired) electrons. The molecule has 4 nitrogen and oxygen atoms in total. The molecule has 1 aliphatic heterocycles. The minimum Gasteiger partial charge on any atom is -0.367 e. The summed E-state index contributed by atoms with van der Waals surface area (Å²) in [5.41, 5.74) is 2.61. The van der Waals surface area contributed by atoms with Gasteiger partial charge in [-0.1, -0.05) is 23.7 Å². The Morgan fingerprint density at radius 2 is 1.96 bits per heavy atom. The number of aryl methyl sites for hydroxylation is 1. The lowest BCUT2D eigenvalue weighted by atomic mass is 10.00. The average Bonchev–Trinajstić information content (AvgIpc) is 2.89. The van der Waals surface area contributed by atoms with Gasteiger partial charge in [-0.05, 0) is 37.3 Å². The number of hydrogen-bond acceptors (Lipinski definition) is 3. The van der Waals surface area contributed by atoms with Gasteiger partial charge >= 0.3 is 0 Å². The van der Waals surface area contributed by atoms with Gasteiger partial charge in [-0.3, -0.25) is 4.57 Å². The maximum Gasteiger partial charge on any atom is 0.189 e. The summed E-state index contributed by atoms with van der Waals surface area (Å²) in [5, 5.41) is 11.0. The third-order valence-corrected chi connectivity index (χ3v) is 4.30. The van der Waals surface area contributed by atoms with Crippen molar-refractivity contribution in [2.24, 2.45) is 4.99 Å². The van der Waals surface area contributed by atoms with Crippen molar-refractivity contribution in [3.05, 3.63) is 82.1 Å². The molecule has 2 heterocycles. The van der Waals surface area contributed by atoms with Crippen molar-refractivity contribution >= 4 is 17.3 Å². The number of imidazole rings is 1. The molecule has 0 saturated carbocycles. The first-order valence-corrected chi connectivity index (χ1v) is 7.79. The zero-order chi connectivity index (χ0) is 16.8. The maximum absolute atomic E-state index is 14.3. The number of nitrogens with zero attached hydrogens (tertiary/aromatic N) is 3. The quantitative estimate of drug-likeness (QED) is 0.731. The summed E-state index contributed by atoms with van der Waals surface area (Å²) >= 11 is 6.16. The van der Waals surface area contributed by atoms with Crippen LogP contribution in [0.1, 0.15) is 28.9 Å². The van der Waals surface area contributed by atoms with Crippen LogP contribution < -0.4 is 0 Å². The molecule has 0 unspecified atom stereocenters. The standard InChI is InChI=1S/C18H13ClFN3O/c1-10-21-9-16-18(24)22-17(12-4-2-3-5-14(12)20)13-8-11(19)6-7-15(13)23(10)16/h2-9,18,24H,1H3/t18-/m1/s1. The second-order valence-corrected chi connectivity index (χ2v) is 5.99. The summed E-state index contributed by atoms with van der Waals surface area (Å²) in [6.07, 6.45) is 0.429. The van der Waals surface area contributed by atoms with Gasteiger partial charge < -0.3 is 5.11 Å². The van der Waals surface area contributed by atoms with E-state index >= 15 is 0 Å². The molecule has 0 amide bonds. The van der Waals surface area contributed by atoms with Crippen LogP contribution in [0.5, 0.6) is 0 Å². The Kier molecular flexibility index (Phi) is 3.48. The molecule has 0 bridgehead atoms. The van der Waals surface area contributed by atoms with Crippen LogP contribution in [0, 0.1) is 12.7 Å². The average molecular weight is 342 g/mol. The normalized spacial score (nSPS) is 16.2. The van der Waals surface area contributed by atoms with Crippen molar-refractivity contribution in [1.29, 1.82) is 0 Å². The molecule has 0 aliphatic carbocycles. The van der Waals surface area contributed by atoms with Crippen LogP contribution in [0.2, 0.25) is 5.02 Å². The highest BCUT2D eigenvalue weighted by Gasteiger charge is 2.26. The van der Waals surface area contributed by atoms with Crippen LogP contribution in [0.25, 0.3) is 5.69 Å². The van der Waals surface area contributed by atoms with Gasteiger partial charge in [0.05, 0.1) is 23.3 Å². The Hall–Kier alpha value is -2.50. The molecule has 0 spiro atoms. The fourth-order valence-electron chi connectivity index (χ4n) is 2.98. The number of aliphatic hydroxyl groups excluding tert-OH is 1. The van der Waals surface area contributed by atoms with E-state index in [2.05, 4.69) is 9.98 Å². The number of aliphatic hydroxyl groups is 1. The number of aliphatic imine (C=N–C) groups is 1. The van der Waals surface area contributed by atoms with Crippen molar-refractivity contribution in [3.63, 3.8) is 0 Å². The van der Waals surface area contributed by atoms with E-state index in [-0.39, 0.29) is 0 Å². The minimum atomic E-state index is -1.15. The number of benzene rings is 2. The zero-order valence-electron chi connectivity index (χ0n) is 12.7. The van der Waals surface area contributed by atoms with Gasteiger partial charge in [0.2, 0.25) is 0 Å². The molecule has 0 fully saturated rings. The zero-order valence-corrected chi connectivity index (χ0v) is 13.5. The van der Waals surface area contributed by atoms with Gasteiger partial charge in [0.1, 0.15) is 11.6 Å². The third kappa shape index (κ3) is 2.25. The first-order chi connectivity index (χ1) is 11.6. The molecule has 1 N–H and O–H groups in total. The SMILES string of the molecule is Cc1ncc2n1-c1ccc(Cl)cc1C(c1ccccc1F)=N[C@@H]2O. The summed E-state index contributed by atoms with van der Waals surface area (Å²) < 4.78 is 16.2. The molecule has 0 saturated heterocycles. The van der Waals surface area contributed by atoms with Crippen molar-refractivity contribution in [2.75, 3.05) is 0 Å². The Balaban J connectivity index is 2.07. The molecule has 1 aromatic heterocycles. The van der Waals surface area contributed by atoms with E-state index < -0.39 is 12.0 Å². The second kappa shape index (κ2) is 5.54. The molecule has 3 aromatic rings. The van der Waals surface area contributed by atoms with E-state index in [1.165, 1.54) is 6.07 Å². The van der Waals surface area contributed by atoms with Gasteiger partial charge in [0, 0.05) is 16.1 Å². The second-order valence-electron chi connectivity index (χ2n) is 5.56. The summed E-state index contributed by atoms with van der Waals surface area (Å²) in [5.74, 6) is 0.299. The van der Waals surface area contributed by atoms with Crippen molar-refractivity contribution in [3.8, 4) is 5.69 Å². The first-order valence-electron chi connectivity index (χ1n) is 7.41. The number of aromatic nitrogens is 2. The smallest absolute Gasteiger partial charge is 0.189 e. The van der Waals surface area contributed by atoms with Crippen LogP contribution in [0.3, 0.4) is 0 Å². The Labute approximate surface area is 142 Å². The first kappa shape index (κ1) is 15.1. The van der Waals surface area contributed by atoms with Crippen LogP contribution in [-0.4, -0.2) is 20.4 Å². The maximum atomic E-state index is 14.3. The van der Waals surface area contributed by atoms with Crippen LogP contribution in [0.15, 0.2) is 53.7 Å². The highest BCUT2D eigenvalue weighted by Crippen LogP contribution is 2.32. The van der Waals surface area contributed by atoms with Gasteiger partial charge in [-0.15, -0.1) is 0 Å². The van der Waals surface area contributed by atoms with E-state index in [9.17, 15) is 9.50 Å². The van der Waals surface area contributed by atoms with Crippen molar-refractivity contribution in [2.45, 2.75) is 13.2 Å². The Bertz CT molecular complexity index is 980. The summed E-state index contributed by atoms with van der Waals surface area (Å²) in [4.78, 5) is 8.61. The van der Waals surface area contributed by atoms with E-state index in [1.54, 1.807) is 36.5 Å². The van der Waals surface area contributed by atoms with Crippen LogP contribution in [-0.2, 0) is 0 Å². The highest BCUT2D eigenvalue weighted by atomic mass is 35.5. The summed E-state index contributed by atoms with van der Waals surface area (Å²) in [6.45, 7) is 1.84. The molecule has 120 valence electrons. The molecule has 2 aromatic carbocycles. The molecule has 24 heavy (non-hydrogen) atoms. The van der Waals surface area contributed by atoms with Crippen molar-refractivity contribution in [1.82, 2.24) is 9.55 Å². The molecule has 6 heteroatoms. The predicted octanol–water partition coefficient (Wildman–Crippen LogP) is 3.82. The molecular formula is C18H13ClFN3O. The van der Waals surface area contributed by atoms with Crippen LogP contribution in [0.4, 0.5) is 4.39 Å². The largest absolute Gasteiger partial charge is 0.367 e. The Morgan fingerprint density at radius 3 is 2.75 bits per heavy atom. The Morgan fingerprint density at radius 1 is 1.17 bits per heavy atom. The highest BCUT2D eigenvalue weighted by molar-refractivity contribution is 6.31. The fourth-order valence-corrected chi connectivity index (χ4v) is 3.15. The van der Waals surface area contributed by atoms with Gasteiger partial charge in [-0.2, -0.15) is 0 Å². The fraction of sp³-hybridized carbons (Fsp3) is 0.111. The van der Waals surface area contributed by atoms with E-state index in [4.69, 9.17) is 11.6 Å². The molecule has 4 rings (SSSR count). The van der Waals surface area contributed by atoms with E-state index in [0.29, 0.717) is 33.4 Å². The summed E-state index contributed by atoms with van der Waals surface area (Å²) in [7, 11) is 0.